The second-order valence-corrected chi connectivity index (χ2v) is 13.0. The molecule has 0 bridgehead atoms. The van der Waals surface area contributed by atoms with E-state index >= 15 is 0 Å². The fraction of sp³-hybridized carbons (Fsp3) is 0.162. The number of thioether (sulfide) groups is 2. The van der Waals surface area contributed by atoms with Crippen LogP contribution in [0.5, 0.6) is 23.0 Å². The molecule has 3 aromatic carbocycles. The van der Waals surface area contributed by atoms with Crippen LogP contribution in [0.25, 0.3) is 4.85 Å². The van der Waals surface area contributed by atoms with Gasteiger partial charge in [0.2, 0.25) is 13.6 Å². The maximum absolute atomic E-state index is 13.2. The molecule has 0 saturated carbocycles. The van der Waals surface area contributed by atoms with Crippen molar-refractivity contribution in [3.8, 4) is 23.0 Å². The maximum atomic E-state index is 13.2. The summed E-state index contributed by atoms with van der Waals surface area (Å²) in [4.78, 5) is 77.3. The molecule has 0 unspecified atom stereocenters. The maximum Gasteiger partial charge on any atom is 0.516 e. The van der Waals surface area contributed by atoms with E-state index in [0.717, 1.165) is 35.7 Å². The monoisotopic (exact) mass is 775 g/mol. The summed E-state index contributed by atoms with van der Waals surface area (Å²) in [6.45, 7) is 16.9. The van der Waals surface area contributed by atoms with Crippen molar-refractivity contribution in [2.45, 2.75) is 23.6 Å². The number of hydrogen-bond donors (Lipinski definition) is 0. The Morgan fingerprint density at radius 1 is 0.685 bits per heavy atom. The zero-order valence-electron chi connectivity index (χ0n) is 28.5. The predicted octanol–water partition coefficient (Wildman–Crippen LogP) is 6.88. The normalized spacial score (nSPS) is 12.2. The molecule has 54 heavy (non-hydrogen) atoms. The lowest BCUT2D eigenvalue weighted by molar-refractivity contribution is -0.147. The van der Waals surface area contributed by atoms with Crippen molar-refractivity contribution in [1.82, 2.24) is 0 Å². The van der Waals surface area contributed by atoms with Crippen LogP contribution in [0.15, 0.2) is 106 Å². The molecule has 0 spiro atoms. The zero-order valence-corrected chi connectivity index (χ0v) is 30.2. The quantitative estimate of drug-likeness (QED) is 0.0296. The molecule has 3 aromatic rings. The largest absolute Gasteiger partial charge is 0.516 e. The molecular weight excluding hydrogens is 747 g/mol. The van der Waals surface area contributed by atoms with Crippen molar-refractivity contribution in [2.24, 2.45) is 5.92 Å². The summed E-state index contributed by atoms with van der Waals surface area (Å²) >= 11 is 1.92. The number of esters is 5. The topological polar surface area (TPSA) is 181 Å². The number of nitrogens with zero attached hydrogens (tertiary/aromatic N) is 1. The van der Waals surface area contributed by atoms with E-state index in [9.17, 15) is 28.8 Å². The lowest BCUT2D eigenvalue weighted by atomic mass is 10.2. The molecule has 0 amide bonds. The van der Waals surface area contributed by atoms with Gasteiger partial charge in [-0.1, -0.05) is 50.5 Å². The number of rotatable bonds is 15. The van der Waals surface area contributed by atoms with Crippen LogP contribution in [0.4, 0.5) is 4.79 Å². The van der Waals surface area contributed by atoms with Crippen molar-refractivity contribution in [2.75, 3.05) is 20.2 Å². The molecule has 0 saturated heterocycles. The van der Waals surface area contributed by atoms with Crippen molar-refractivity contribution >= 4 is 59.5 Å². The SMILES string of the molecule is [C-]#[N+]/C(C(=O)OCC(C)C)=C1/Sc2c(OC(=O)c3ccc(OCOC(=O)C=C)cc3)ccc(OC(=O)c3ccc(OC(=O)OCOC(=O)C=C)cc3)c2S1. The highest BCUT2D eigenvalue weighted by Gasteiger charge is 2.33. The van der Waals surface area contributed by atoms with Crippen LogP contribution < -0.4 is 18.9 Å². The molecule has 17 heteroatoms. The van der Waals surface area contributed by atoms with Crippen LogP contribution in [0.2, 0.25) is 0 Å². The Labute approximate surface area is 316 Å². The number of carbonyl (C=O) groups excluding carboxylic acids is 6. The molecule has 1 aliphatic rings. The summed E-state index contributed by atoms with van der Waals surface area (Å²) in [5, 5.41) is 0. The molecule has 0 fully saturated rings. The molecule has 1 heterocycles. The predicted molar refractivity (Wildman–Crippen MR) is 190 cm³/mol. The van der Waals surface area contributed by atoms with Gasteiger partial charge in [-0.25, -0.2) is 28.8 Å². The Bertz CT molecular complexity index is 2030. The summed E-state index contributed by atoms with van der Waals surface area (Å²) in [5.74, 6) is -3.49. The van der Waals surface area contributed by atoms with Crippen molar-refractivity contribution in [3.63, 3.8) is 0 Å². The van der Waals surface area contributed by atoms with Crippen LogP contribution in [-0.4, -0.2) is 56.2 Å². The van der Waals surface area contributed by atoms with Gasteiger partial charge in [0.1, 0.15) is 23.0 Å². The Balaban J connectivity index is 1.54. The first kappa shape index (κ1) is 40.3. The van der Waals surface area contributed by atoms with Gasteiger partial charge in [-0.2, -0.15) is 0 Å². The summed E-state index contributed by atoms with van der Waals surface area (Å²) in [5.41, 5.74) is -0.118. The second-order valence-electron chi connectivity index (χ2n) is 10.7. The minimum absolute atomic E-state index is 0.00704. The molecule has 1 aliphatic heterocycles. The Morgan fingerprint density at radius 2 is 1.19 bits per heavy atom. The molecule has 278 valence electrons. The Morgan fingerprint density at radius 3 is 1.67 bits per heavy atom. The lowest BCUT2D eigenvalue weighted by Crippen LogP contribution is -2.15. The van der Waals surface area contributed by atoms with E-state index in [1.54, 1.807) is 0 Å². The standard InChI is InChI=1S/C37H29NO14S2/c1-6-28(39)47-19-46-24-12-8-22(9-13-24)33(41)51-26-16-17-27(32-31(26)53-36(54-32)30(38-5)35(43)45-18-21(3)4)52-34(42)23-10-14-25(15-11-23)50-37(44)49-20-48-29(40)7-2/h6-17,21H,1-2,18-20H2,3-4H3/b36-30-. The van der Waals surface area contributed by atoms with Gasteiger partial charge in [-0.15, -0.1) is 0 Å². The first-order valence-corrected chi connectivity index (χ1v) is 17.1. The third kappa shape index (κ3) is 11.2. The molecular formula is C37H29NO14S2. The average Bonchev–Trinajstić information content (AvgIpc) is 3.61. The fourth-order valence-corrected chi connectivity index (χ4v) is 6.41. The van der Waals surface area contributed by atoms with Gasteiger partial charge in [0.05, 0.1) is 38.3 Å². The van der Waals surface area contributed by atoms with Gasteiger partial charge < -0.3 is 37.9 Å². The van der Waals surface area contributed by atoms with Gasteiger partial charge in [0.25, 0.3) is 5.70 Å². The van der Waals surface area contributed by atoms with Gasteiger partial charge in [-0.05, 0) is 66.6 Å². The molecule has 15 nitrogen and oxygen atoms in total. The number of fused-ring (bicyclic) bond motifs is 1. The van der Waals surface area contributed by atoms with Crippen LogP contribution in [-0.2, 0) is 33.3 Å². The van der Waals surface area contributed by atoms with Crippen LogP contribution in [0.3, 0.4) is 0 Å². The van der Waals surface area contributed by atoms with E-state index < -0.39 is 42.8 Å². The second kappa shape index (κ2) is 19.4. The number of ether oxygens (including phenoxy) is 8. The van der Waals surface area contributed by atoms with E-state index in [4.69, 9.17) is 35.0 Å². The first-order valence-electron chi connectivity index (χ1n) is 15.4. The van der Waals surface area contributed by atoms with E-state index in [1.807, 2.05) is 13.8 Å². The minimum atomic E-state index is -1.17. The van der Waals surface area contributed by atoms with Crippen molar-refractivity contribution < 1.29 is 66.7 Å². The molecule has 0 aliphatic carbocycles. The molecule has 0 N–H and O–H groups in total. The number of benzene rings is 3. The smallest absolute Gasteiger partial charge is 0.470 e. The van der Waals surface area contributed by atoms with E-state index in [2.05, 4.69) is 27.5 Å². The molecule has 0 radical (unpaired) electrons. The highest BCUT2D eigenvalue weighted by Crippen LogP contribution is 2.59. The lowest BCUT2D eigenvalue weighted by Gasteiger charge is -2.12. The minimum Gasteiger partial charge on any atom is -0.470 e. The van der Waals surface area contributed by atoms with Crippen molar-refractivity contribution in [3.05, 3.63) is 118 Å². The van der Waals surface area contributed by atoms with E-state index in [0.29, 0.717) is 5.75 Å². The summed E-state index contributed by atoms with van der Waals surface area (Å²) < 4.78 is 41.1. The first-order chi connectivity index (χ1) is 25.9. The van der Waals surface area contributed by atoms with Crippen LogP contribution in [0.1, 0.15) is 34.6 Å². The van der Waals surface area contributed by atoms with Crippen LogP contribution >= 0.6 is 23.5 Å². The third-order valence-corrected chi connectivity index (χ3v) is 9.01. The Hall–Kier alpha value is -6.51. The zero-order chi connectivity index (χ0) is 39.2. The van der Waals surface area contributed by atoms with Gasteiger partial charge in [-0.3, -0.25) is 4.79 Å². The van der Waals surface area contributed by atoms with Crippen molar-refractivity contribution in [1.29, 1.82) is 0 Å². The molecule has 0 atom stereocenters. The number of hydrogen-bond acceptors (Lipinski definition) is 16. The summed E-state index contributed by atoms with van der Waals surface area (Å²) in [6, 6.07) is 13.8. The van der Waals surface area contributed by atoms with Crippen LogP contribution in [0, 0.1) is 12.5 Å². The third-order valence-electron chi connectivity index (χ3n) is 6.40. The fourth-order valence-electron chi connectivity index (χ4n) is 3.87. The van der Waals surface area contributed by atoms with Gasteiger partial charge in [0, 0.05) is 12.2 Å². The highest BCUT2D eigenvalue weighted by molar-refractivity contribution is 8.24. The number of carbonyl (C=O) groups is 6. The van der Waals surface area contributed by atoms with E-state index in [-0.39, 0.29) is 67.4 Å². The summed E-state index contributed by atoms with van der Waals surface area (Å²) in [6.07, 6.45) is 0.711. The Kier molecular flexibility index (Phi) is 14.4. The molecule has 4 rings (SSSR count). The van der Waals surface area contributed by atoms with Gasteiger partial charge in [0.15, 0.2) is 0 Å². The van der Waals surface area contributed by atoms with Gasteiger partial charge >= 0.3 is 36.0 Å². The highest BCUT2D eigenvalue weighted by atomic mass is 32.2. The summed E-state index contributed by atoms with van der Waals surface area (Å²) in [7, 11) is 0. The average molecular weight is 776 g/mol. The van der Waals surface area contributed by atoms with E-state index in [1.165, 1.54) is 60.7 Å². The molecule has 0 aromatic heterocycles.